The van der Waals surface area contributed by atoms with Crippen molar-refractivity contribution < 1.29 is 0 Å². The van der Waals surface area contributed by atoms with E-state index in [1.165, 1.54) is 9.75 Å². The lowest BCUT2D eigenvalue weighted by Crippen LogP contribution is -1.96. The monoisotopic (exact) mass is 602 g/mol. The summed E-state index contributed by atoms with van der Waals surface area (Å²) in [5, 5.41) is 12.3. The van der Waals surface area contributed by atoms with Gasteiger partial charge in [-0.2, -0.15) is 10.2 Å². The molecule has 0 bridgehead atoms. The largest absolute Gasteiger partial charge is 0.222 e. The van der Waals surface area contributed by atoms with Crippen molar-refractivity contribution in [2.45, 2.75) is 0 Å². The van der Waals surface area contributed by atoms with Crippen LogP contribution in [0.2, 0.25) is 0 Å². The second-order valence-corrected chi connectivity index (χ2v) is 12.5. The van der Waals surface area contributed by atoms with E-state index in [9.17, 15) is 0 Å². The highest BCUT2D eigenvalue weighted by Gasteiger charge is 2.18. The van der Waals surface area contributed by atoms with E-state index >= 15 is 0 Å². The highest BCUT2D eigenvalue weighted by molar-refractivity contribution is 7.24. The number of thiophene rings is 2. The number of nitrogens with zero attached hydrogens (tertiary/aromatic N) is 4. The molecule has 4 aromatic heterocycles. The summed E-state index contributed by atoms with van der Waals surface area (Å²) in [6.07, 6.45) is 0. The smallest absolute Gasteiger partial charge is 0.118 e. The fourth-order valence-corrected chi connectivity index (χ4v) is 7.41. The molecule has 0 radical (unpaired) electrons. The van der Waals surface area contributed by atoms with Crippen LogP contribution < -0.4 is 0 Å². The molecular formula is C38H26N4S2. The Kier molecular flexibility index (Phi) is 6.83. The van der Waals surface area contributed by atoms with E-state index in [0.29, 0.717) is 0 Å². The molecule has 44 heavy (non-hydrogen) atoms. The first-order valence-corrected chi connectivity index (χ1v) is 16.1. The second kappa shape index (κ2) is 11.4. The highest BCUT2D eigenvalue weighted by atomic mass is 32.1. The van der Waals surface area contributed by atoms with Gasteiger partial charge in [0.05, 0.1) is 22.8 Å². The normalized spacial score (nSPS) is 11.2. The Morgan fingerprint density at radius 1 is 0.364 bits per heavy atom. The van der Waals surface area contributed by atoms with Crippen molar-refractivity contribution in [2.75, 3.05) is 0 Å². The van der Waals surface area contributed by atoms with Gasteiger partial charge < -0.3 is 0 Å². The summed E-state index contributed by atoms with van der Waals surface area (Å²) in [6.45, 7) is 0. The third-order valence-corrected chi connectivity index (χ3v) is 9.86. The third kappa shape index (κ3) is 5.00. The minimum Gasteiger partial charge on any atom is -0.222 e. The van der Waals surface area contributed by atoms with Gasteiger partial charge in [0, 0.05) is 32.0 Å². The van der Waals surface area contributed by atoms with Gasteiger partial charge >= 0.3 is 0 Å². The summed E-state index contributed by atoms with van der Waals surface area (Å²) in [7, 11) is 0. The summed E-state index contributed by atoms with van der Waals surface area (Å²) < 4.78 is 4.15. The lowest BCUT2D eigenvalue weighted by Gasteiger charge is -2.05. The Labute approximate surface area is 263 Å². The number of hydrogen-bond donors (Lipinski definition) is 0. The molecule has 0 saturated heterocycles. The molecule has 8 rings (SSSR count). The topological polar surface area (TPSA) is 35.6 Å². The number of hydrogen-bond acceptors (Lipinski definition) is 4. The Bertz CT molecular complexity index is 2000. The zero-order valence-electron chi connectivity index (χ0n) is 23.6. The zero-order valence-corrected chi connectivity index (χ0v) is 25.2. The van der Waals surface area contributed by atoms with E-state index in [2.05, 4.69) is 143 Å². The van der Waals surface area contributed by atoms with Gasteiger partial charge in [0.15, 0.2) is 0 Å². The molecule has 0 saturated carbocycles. The third-order valence-electron chi connectivity index (χ3n) is 7.54. The molecular weight excluding hydrogens is 577 g/mol. The minimum absolute atomic E-state index is 0.958. The van der Waals surface area contributed by atoms with Crippen molar-refractivity contribution in [1.29, 1.82) is 0 Å². The van der Waals surface area contributed by atoms with Gasteiger partial charge in [-0.1, -0.05) is 121 Å². The maximum absolute atomic E-state index is 5.08. The zero-order chi connectivity index (χ0) is 29.3. The summed E-state index contributed by atoms with van der Waals surface area (Å²) in [6, 6.07) is 54.8. The van der Waals surface area contributed by atoms with Crippen LogP contribution in [0, 0.1) is 0 Å². The summed E-state index contributed by atoms with van der Waals surface area (Å²) >= 11 is 3.50. The Morgan fingerprint density at radius 2 is 0.705 bits per heavy atom. The van der Waals surface area contributed by atoms with Crippen LogP contribution in [0.5, 0.6) is 0 Å². The summed E-state index contributed by atoms with van der Waals surface area (Å²) in [5.74, 6) is 0. The molecule has 0 aliphatic carbocycles. The maximum Gasteiger partial charge on any atom is 0.118 e. The van der Waals surface area contributed by atoms with E-state index in [-0.39, 0.29) is 0 Å². The molecule has 0 fully saturated rings. The van der Waals surface area contributed by atoms with Crippen LogP contribution in [-0.2, 0) is 0 Å². The predicted octanol–water partition coefficient (Wildman–Crippen LogP) is 10.5. The van der Waals surface area contributed by atoms with E-state index < -0.39 is 0 Å². The van der Waals surface area contributed by atoms with Crippen LogP contribution >= 0.6 is 22.7 Å². The first-order valence-electron chi connectivity index (χ1n) is 14.4. The van der Waals surface area contributed by atoms with Crippen molar-refractivity contribution >= 4 is 22.7 Å². The summed E-state index contributed by atoms with van der Waals surface area (Å²) in [4.78, 5) is 2.40. The van der Waals surface area contributed by atoms with Crippen LogP contribution in [0.25, 0.3) is 64.8 Å². The van der Waals surface area contributed by atoms with Gasteiger partial charge in [0.1, 0.15) is 10.0 Å². The SMILES string of the molecule is c1ccc(-c2cc(-c3ccccc3)n(-c3ccc(-c4ccc(-n5nc(-c6ccccc6)cc5-c5ccccc5)s4)s3)n2)cc1. The van der Waals surface area contributed by atoms with Crippen molar-refractivity contribution in [3.63, 3.8) is 0 Å². The molecule has 4 aromatic carbocycles. The Balaban J connectivity index is 1.18. The average Bonchev–Trinajstić information content (AvgIpc) is 3.92. The average molecular weight is 603 g/mol. The van der Waals surface area contributed by atoms with Crippen LogP contribution in [0.15, 0.2) is 158 Å². The van der Waals surface area contributed by atoms with E-state index in [4.69, 9.17) is 10.2 Å². The van der Waals surface area contributed by atoms with Gasteiger partial charge in [0.25, 0.3) is 0 Å². The van der Waals surface area contributed by atoms with Crippen molar-refractivity contribution in [1.82, 2.24) is 19.6 Å². The molecule has 0 unspecified atom stereocenters. The van der Waals surface area contributed by atoms with Crippen LogP contribution in [0.1, 0.15) is 0 Å². The van der Waals surface area contributed by atoms with Gasteiger partial charge in [-0.3, -0.25) is 0 Å². The van der Waals surface area contributed by atoms with Gasteiger partial charge in [0.2, 0.25) is 0 Å². The van der Waals surface area contributed by atoms with Crippen LogP contribution in [0.3, 0.4) is 0 Å². The molecule has 0 amide bonds. The van der Waals surface area contributed by atoms with E-state index in [0.717, 1.165) is 55.0 Å². The molecule has 4 heterocycles. The van der Waals surface area contributed by atoms with Crippen molar-refractivity contribution in [3.8, 4) is 64.8 Å². The molecule has 8 aromatic rings. The fourth-order valence-electron chi connectivity index (χ4n) is 5.38. The molecule has 0 N–H and O–H groups in total. The molecule has 4 nitrogen and oxygen atoms in total. The van der Waals surface area contributed by atoms with E-state index in [1.54, 1.807) is 22.7 Å². The van der Waals surface area contributed by atoms with E-state index in [1.807, 2.05) is 24.3 Å². The quantitative estimate of drug-likeness (QED) is 0.182. The van der Waals surface area contributed by atoms with Gasteiger partial charge in [-0.05, 0) is 36.4 Å². The molecule has 6 heteroatoms. The van der Waals surface area contributed by atoms with Crippen LogP contribution in [-0.4, -0.2) is 19.6 Å². The van der Waals surface area contributed by atoms with Crippen molar-refractivity contribution in [2.24, 2.45) is 0 Å². The fraction of sp³-hybridized carbons (Fsp3) is 0. The molecule has 0 atom stereocenters. The first kappa shape index (κ1) is 26.3. The number of aromatic nitrogens is 4. The molecule has 0 spiro atoms. The minimum atomic E-state index is 0.958. The lowest BCUT2D eigenvalue weighted by molar-refractivity contribution is 0.909. The van der Waals surface area contributed by atoms with Gasteiger partial charge in [-0.25, -0.2) is 9.36 Å². The predicted molar refractivity (Wildman–Crippen MR) is 184 cm³/mol. The van der Waals surface area contributed by atoms with Crippen molar-refractivity contribution in [3.05, 3.63) is 158 Å². The highest BCUT2D eigenvalue weighted by Crippen LogP contribution is 2.39. The molecule has 0 aliphatic heterocycles. The Hall–Kier alpha value is -5.30. The second-order valence-electron chi connectivity index (χ2n) is 10.4. The van der Waals surface area contributed by atoms with Gasteiger partial charge in [-0.15, -0.1) is 22.7 Å². The maximum atomic E-state index is 5.08. The summed E-state index contributed by atoms with van der Waals surface area (Å²) in [5.41, 5.74) is 8.54. The lowest BCUT2D eigenvalue weighted by atomic mass is 10.1. The molecule has 210 valence electrons. The first-order chi connectivity index (χ1) is 21.8. The number of rotatable bonds is 7. The standard InChI is InChI=1S/C38H26N4S2/c1-5-13-27(14-6-1)31-25-33(29-17-9-3-10-18-29)41(39-31)37-23-21-35(43-37)36-22-24-38(44-36)42-34(30-19-11-4-12-20-30)26-32(40-42)28-15-7-2-8-16-28/h1-26H. The van der Waals surface area contributed by atoms with Crippen LogP contribution in [0.4, 0.5) is 0 Å². The number of benzene rings is 4. The Morgan fingerprint density at radius 3 is 1.07 bits per heavy atom. The molecule has 0 aliphatic rings.